The number of benzene rings is 2. The van der Waals surface area contributed by atoms with Gasteiger partial charge in [-0.15, -0.1) is 0 Å². The second-order valence-electron chi connectivity index (χ2n) is 10.5. The molecule has 2 aliphatic carbocycles. The Morgan fingerprint density at radius 1 is 0.706 bits per heavy atom. The third kappa shape index (κ3) is 4.18. The lowest BCUT2D eigenvalue weighted by atomic mass is 9.85. The number of hydrogen-bond acceptors (Lipinski definition) is 2. The molecule has 0 bridgehead atoms. The van der Waals surface area contributed by atoms with Crippen LogP contribution in [0.15, 0.2) is 24.3 Å². The van der Waals surface area contributed by atoms with Crippen molar-refractivity contribution in [2.45, 2.75) is 102 Å². The lowest BCUT2D eigenvalue weighted by molar-refractivity contribution is -0.224. The van der Waals surface area contributed by atoms with Crippen molar-refractivity contribution in [3.63, 3.8) is 0 Å². The molecule has 2 aromatic rings. The first-order chi connectivity index (χ1) is 15.9. The van der Waals surface area contributed by atoms with Crippen LogP contribution in [0.2, 0.25) is 0 Å². The lowest BCUT2D eigenvalue weighted by Crippen LogP contribution is -2.36. The zero-order chi connectivity index (χ0) is 25.0. The highest BCUT2D eigenvalue weighted by Crippen LogP contribution is 2.55. The highest BCUT2D eigenvalue weighted by molar-refractivity contribution is 5.62. The Labute approximate surface area is 200 Å². The van der Waals surface area contributed by atoms with Gasteiger partial charge < -0.3 is 11.5 Å². The van der Waals surface area contributed by atoms with Crippen molar-refractivity contribution in [2.24, 2.45) is 0 Å². The van der Waals surface area contributed by atoms with Crippen LogP contribution in [0.5, 0.6) is 0 Å². The van der Waals surface area contributed by atoms with Gasteiger partial charge in [-0.25, -0.2) is 0 Å². The van der Waals surface area contributed by atoms with E-state index in [1.54, 1.807) is 0 Å². The summed E-state index contributed by atoms with van der Waals surface area (Å²) >= 11 is 0. The van der Waals surface area contributed by atoms with Gasteiger partial charge in [-0.05, 0) is 109 Å². The fourth-order valence-electron chi connectivity index (χ4n) is 4.84. The Morgan fingerprint density at radius 2 is 1.03 bits per heavy atom. The van der Waals surface area contributed by atoms with E-state index in [4.69, 9.17) is 11.5 Å². The minimum atomic E-state index is -4.39. The van der Waals surface area contributed by atoms with Gasteiger partial charge in [-0.2, -0.15) is 17.6 Å². The quantitative estimate of drug-likeness (QED) is 0.281. The third-order valence-corrected chi connectivity index (χ3v) is 7.93. The van der Waals surface area contributed by atoms with E-state index in [9.17, 15) is 0 Å². The van der Waals surface area contributed by atoms with Gasteiger partial charge in [0.25, 0.3) is 0 Å². The molecule has 2 atom stereocenters. The van der Waals surface area contributed by atoms with Gasteiger partial charge in [0.05, 0.1) is 0 Å². The topological polar surface area (TPSA) is 52.0 Å². The van der Waals surface area contributed by atoms with Crippen LogP contribution in [-0.2, 0) is 11.8 Å². The summed E-state index contributed by atoms with van der Waals surface area (Å²) in [5, 5.41) is 0. The summed E-state index contributed by atoms with van der Waals surface area (Å²) in [4.78, 5) is 0. The normalized spacial score (nSPS) is 18.7. The number of hydrogen-bond donors (Lipinski definition) is 2. The maximum Gasteiger partial charge on any atom is 0.339 e. The predicted octanol–water partition coefficient (Wildman–Crippen LogP) is 8.52. The van der Waals surface area contributed by atoms with Crippen LogP contribution < -0.4 is 11.5 Å². The maximum absolute atomic E-state index is 15.8. The molecule has 4 N–H and O–H groups in total. The number of nitrogens with two attached hydrogens (primary N) is 2. The Bertz CT molecular complexity index is 985. The van der Waals surface area contributed by atoms with Gasteiger partial charge in [0.1, 0.15) is 0 Å². The Hall–Kier alpha value is -2.24. The molecule has 0 aliphatic heterocycles. The molecule has 0 radical (unpaired) electrons. The average molecular weight is 477 g/mol. The van der Waals surface area contributed by atoms with Crippen LogP contribution in [0, 0.1) is 0 Å². The number of halogens is 4. The molecule has 2 unspecified atom stereocenters. The molecule has 2 aromatic carbocycles. The smallest absolute Gasteiger partial charge is 0.339 e. The summed E-state index contributed by atoms with van der Waals surface area (Å²) < 4.78 is 63.2. The summed E-state index contributed by atoms with van der Waals surface area (Å²) in [6, 6.07) is 4.86. The summed E-state index contributed by atoms with van der Waals surface area (Å²) in [6.45, 7) is 7.65. The maximum atomic E-state index is 15.8. The minimum Gasteiger partial charge on any atom is -0.398 e. The molecule has 2 aliphatic rings. The van der Waals surface area contributed by atoms with E-state index in [-0.39, 0.29) is 23.7 Å². The first-order valence-corrected chi connectivity index (χ1v) is 12.6. The van der Waals surface area contributed by atoms with Crippen molar-refractivity contribution in [1.82, 2.24) is 0 Å². The monoisotopic (exact) mass is 476 g/mol. The molecule has 6 heteroatoms. The van der Waals surface area contributed by atoms with Crippen molar-refractivity contribution in [3.05, 3.63) is 57.6 Å². The molecule has 0 amide bonds. The Balaban J connectivity index is 1.85. The van der Waals surface area contributed by atoms with Gasteiger partial charge >= 0.3 is 11.8 Å². The molecule has 0 heterocycles. The molecule has 2 nitrogen and oxygen atoms in total. The zero-order valence-electron chi connectivity index (χ0n) is 20.5. The van der Waals surface area contributed by atoms with E-state index >= 15 is 17.6 Å². The van der Waals surface area contributed by atoms with Gasteiger partial charge in [-0.1, -0.05) is 27.7 Å². The van der Waals surface area contributed by atoms with E-state index in [0.29, 0.717) is 46.5 Å². The third-order valence-electron chi connectivity index (χ3n) is 7.93. The fraction of sp³-hybridized carbons (Fsp3) is 0.571. The van der Waals surface area contributed by atoms with Crippen molar-refractivity contribution >= 4 is 11.4 Å². The van der Waals surface area contributed by atoms with E-state index < -0.39 is 23.0 Å². The number of nitrogen functional groups attached to an aromatic ring is 2. The number of alkyl halides is 4. The van der Waals surface area contributed by atoms with Crippen LogP contribution >= 0.6 is 0 Å². The molecule has 2 saturated carbocycles. The van der Waals surface area contributed by atoms with Crippen LogP contribution in [0.3, 0.4) is 0 Å². The summed E-state index contributed by atoms with van der Waals surface area (Å²) in [5.74, 6) is -8.84. The van der Waals surface area contributed by atoms with E-state index in [0.717, 1.165) is 25.7 Å². The summed E-state index contributed by atoms with van der Waals surface area (Å²) in [7, 11) is 0. The van der Waals surface area contributed by atoms with Crippen LogP contribution in [-0.4, -0.2) is 0 Å². The molecule has 186 valence electrons. The van der Waals surface area contributed by atoms with Crippen molar-refractivity contribution in [1.29, 1.82) is 0 Å². The molecule has 2 fully saturated rings. The number of rotatable bonds is 9. The van der Waals surface area contributed by atoms with Crippen LogP contribution in [0.25, 0.3) is 0 Å². The first-order valence-electron chi connectivity index (χ1n) is 12.6. The van der Waals surface area contributed by atoms with E-state index in [1.807, 2.05) is 27.7 Å². The average Bonchev–Trinajstić information content (AvgIpc) is 3.70. The lowest BCUT2D eigenvalue weighted by Gasteiger charge is -2.30. The number of anilines is 2. The molecule has 4 rings (SSSR count). The van der Waals surface area contributed by atoms with Crippen molar-refractivity contribution < 1.29 is 17.6 Å². The molecule has 0 saturated heterocycles. The fourth-order valence-corrected chi connectivity index (χ4v) is 4.84. The standard InChI is InChI=1S/C28H36F4N2/c1-5-15(3)21-11-19(13-23(25(21)33)17-7-8-17)27(29,30)28(31,32)20-12-22(16(4)6-2)26(34)24(14-20)18-9-10-18/h11-18H,5-10,33-34H2,1-4H3. The first kappa shape index (κ1) is 24.9. The highest BCUT2D eigenvalue weighted by Gasteiger charge is 2.59. The highest BCUT2D eigenvalue weighted by atomic mass is 19.3. The van der Waals surface area contributed by atoms with E-state index in [1.165, 1.54) is 24.3 Å². The molecule has 0 spiro atoms. The summed E-state index contributed by atoms with van der Waals surface area (Å²) in [6.07, 6.45) is 4.74. The van der Waals surface area contributed by atoms with Gasteiger partial charge in [0.2, 0.25) is 0 Å². The Kier molecular flexibility index (Phi) is 6.41. The minimum absolute atomic E-state index is 0.0715. The summed E-state index contributed by atoms with van der Waals surface area (Å²) in [5.41, 5.74) is 14.5. The molecular formula is C28H36F4N2. The van der Waals surface area contributed by atoms with Gasteiger partial charge in [-0.3, -0.25) is 0 Å². The van der Waals surface area contributed by atoms with Crippen LogP contribution in [0.4, 0.5) is 28.9 Å². The molecular weight excluding hydrogens is 440 g/mol. The van der Waals surface area contributed by atoms with Crippen molar-refractivity contribution in [3.8, 4) is 0 Å². The predicted molar refractivity (Wildman–Crippen MR) is 131 cm³/mol. The second kappa shape index (κ2) is 8.76. The van der Waals surface area contributed by atoms with Gasteiger partial charge in [0, 0.05) is 22.5 Å². The second-order valence-corrected chi connectivity index (χ2v) is 10.5. The largest absolute Gasteiger partial charge is 0.398 e. The zero-order valence-corrected chi connectivity index (χ0v) is 20.5. The molecule has 0 aromatic heterocycles. The Morgan fingerprint density at radius 3 is 1.29 bits per heavy atom. The van der Waals surface area contributed by atoms with Crippen molar-refractivity contribution in [2.75, 3.05) is 11.5 Å². The van der Waals surface area contributed by atoms with Gasteiger partial charge in [0.15, 0.2) is 0 Å². The van der Waals surface area contributed by atoms with Crippen LogP contribution in [0.1, 0.15) is 123 Å². The SMILES string of the molecule is CCC(C)c1cc(C(F)(F)C(F)(F)c2cc(C(C)CC)c(N)c(C3CC3)c2)cc(C2CC2)c1N. The van der Waals surface area contributed by atoms with E-state index in [2.05, 4.69) is 0 Å². The molecule has 34 heavy (non-hydrogen) atoms.